The van der Waals surface area contributed by atoms with Gasteiger partial charge >= 0.3 is 5.97 Å². The average molecular weight is 468 g/mol. The first-order chi connectivity index (χ1) is 15.1. The Balaban J connectivity index is 2.71. The summed E-state index contributed by atoms with van der Waals surface area (Å²) in [6.07, 6.45) is 1.76. The summed E-state index contributed by atoms with van der Waals surface area (Å²) in [4.78, 5) is 59.6. The van der Waals surface area contributed by atoms with Crippen molar-refractivity contribution in [2.75, 3.05) is 18.6 Å². The van der Waals surface area contributed by atoms with E-state index in [-0.39, 0.29) is 6.42 Å². The zero-order valence-corrected chi connectivity index (χ0v) is 18.5. The van der Waals surface area contributed by atoms with Crippen LogP contribution in [0.2, 0.25) is 0 Å². The van der Waals surface area contributed by atoms with Crippen LogP contribution in [0.3, 0.4) is 0 Å². The number of thioether (sulfide) groups is 1. The number of amides is 4. The maximum absolute atomic E-state index is 12.6. The zero-order valence-electron chi connectivity index (χ0n) is 17.7. The summed E-state index contributed by atoms with van der Waals surface area (Å²) in [7, 11) is 0. The third-order valence-electron chi connectivity index (χ3n) is 4.35. The third-order valence-corrected chi connectivity index (χ3v) is 4.99. The minimum atomic E-state index is -1.40. The van der Waals surface area contributed by atoms with Crippen molar-refractivity contribution in [1.82, 2.24) is 16.0 Å². The van der Waals surface area contributed by atoms with Gasteiger partial charge in [-0.15, -0.1) is 0 Å². The average Bonchev–Trinajstić information content (AvgIpc) is 2.75. The number of aliphatic carboxylic acids is 1. The highest BCUT2D eigenvalue weighted by atomic mass is 32.2. The predicted octanol–water partition coefficient (Wildman–Crippen LogP) is -1.64. The standard InChI is InChI=1S/C20H29N5O6S/c1-32-8-7-13(21)18(28)23-11-17(27)24-14(10-16(22)26)19(29)25-15(20(30)31)9-12-5-3-2-4-6-12/h2-6,13-15H,7-11,21H2,1H3,(H2,22,26)(H,23,28)(H,24,27)(H,25,29)(H,30,31). The van der Waals surface area contributed by atoms with E-state index in [4.69, 9.17) is 11.5 Å². The van der Waals surface area contributed by atoms with Gasteiger partial charge < -0.3 is 32.5 Å². The summed E-state index contributed by atoms with van der Waals surface area (Å²) < 4.78 is 0. The van der Waals surface area contributed by atoms with Gasteiger partial charge in [-0.25, -0.2) is 4.79 Å². The van der Waals surface area contributed by atoms with Crippen molar-refractivity contribution in [2.24, 2.45) is 11.5 Å². The van der Waals surface area contributed by atoms with Crippen molar-refractivity contribution in [2.45, 2.75) is 37.4 Å². The van der Waals surface area contributed by atoms with Crippen molar-refractivity contribution >= 4 is 41.4 Å². The van der Waals surface area contributed by atoms with E-state index < -0.39 is 60.7 Å². The second kappa shape index (κ2) is 14.0. The lowest BCUT2D eigenvalue weighted by molar-refractivity contribution is -0.142. The Morgan fingerprint density at radius 3 is 2.25 bits per heavy atom. The monoisotopic (exact) mass is 467 g/mol. The minimum absolute atomic E-state index is 0.00312. The summed E-state index contributed by atoms with van der Waals surface area (Å²) >= 11 is 1.53. The van der Waals surface area contributed by atoms with Gasteiger partial charge in [0.2, 0.25) is 23.6 Å². The summed E-state index contributed by atoms with van der Waals surface area (Å²) in [5.41, 5.74) is 11.5. The molecule has 3 unspecified atom stereocenters. The quantitative estimate of drug-likeness (QED) is 0.187. The zero-order chi connectivity index (χ0) is 24.1. The van der Waals surface area contributed by atoms with Crippen LogP contribution in [0.1, 0.15) is 18.4 Å². The molecular weight excluding hydrogens is 438 g/mol. The number of carbonyl (C=O) groups is 5. The fourth-order valence-electron chi connectivity index (χ4n) is 2.65. The molecule has 0 aliphatic carbocycles. The van der Waals surface area contributed by atoms with Gasteiger partial charge in [0.05, 0.1) is 19.0 Å². The van der Waals surface area contributed by atoms with E-state index in [0.29, 0.717) is 17.7 Å². The van der Waals surface area contributed by atoms with Gasteiger partial charge in [0.25, 0.3) is 0 Å². The molecule has 0 aliphatic rings. The topological polar surface area (TPSA) is 194 Å². The van der Waals surface area contributed by atoms with Gasteiger partial charge in [-0.2, -0.15) is 11.8 Å². The first-order valence-electron chi connectivity index (χ1n) is 9.81. The number of rotatable bonds is 14. The molecule has 0 aliphatic heterocycles. The van der Waals surface area contributed by atoms with Crippen molar-refractivity contribution in [1.29, 1.82) is 0 Å². The van der Waals surface area contributed by atoms with Crippen LogP contribution in [-0.4, -0.2) is 71.4 Å². The van der Waals surface area contributed by atoms with Crippen molar-refractivity contribution in [3.8, 4) is 0 Å². The number of carboxylic acid groups (broad SMARTS) is 1. The van der Waals surface area contributed by atoms with Gasteiger partial charge in [-0.1, -0.05) is 30.3 Å². The van der Waals surface area contributed by atoms with E-state index in [1.165, 1.54) is 11.8 Å². The van der Waals surface area contributed by atoms with Gasteiger partial charge in [0, 0.05) is 6.42 Å². The van der Waals surface area contributed by atoms with Gasteiger partial charge in [0.15, 0.2) is 0 Å². The first kappa shape index (κ1) is 26.9. The number of primary amides is 1. The molecule has 12 heteroatoms. The second-order valence-corrected chi connectivity index (χ2v) is 7.97. The first-order valence-corrected chi connectivity index (χ1v) is 11.2. The minimum Gasteiger partial charge on any atom is -0.480 e. The number of benzene rings is 1. The number of hydrogen-bond acceptors (Lipinski definition) is 7. The Bertz CT molecular complexity index is 807. The van der Waals surface area contributed by atoms with Crippen LogP contribution in [0.25, 0.3) is 0 Å². The van der Waals surface area contributed by atoms with E-state index in [1.807, 2.05) is 6.26 Å². The number of carbonyl (C=O) groups excluding carboxylic acids is 4. The lowest BCUT2D eigenvalue weighted by Gasteiger charge is -2.21. The molecule has 1 aromatic carbocycles. The highest BCUT2D eigenvalue weighted by molar-refractivity contribution is 7.98. The molecule has 0 aromatic heterocycles. The number of nitrogens with two attached hydrogens (primary N) is 2. The van der Waals surface area contributed by atoms with Crippen molar-refractivity contribution < 1.29 is 29.1 Å². The van der Waals surface area contributed by atoms with Crippen LogP contribution >= 0.6 is 11.8 Å². The Labute approximate surface area is 190 Å². The normalized spacial score (nSPS) is 13.3. The molecule has 0 saturated heterocycles. The molecule has 11 nitrogen and oxygen atoms in total. The van der Waals surface area contributed by atoms with Gasteiger partial charge in [0.1, 0.15) is 12.1 Å². The van der Waals surface area contributed by atoms with Crippen LogP contribution < -0.4 is 27.4 Å². The van der Waals surface area contributed by atoms with Gasteiger partial charge in [-0.3, -0.25) is 19.2 Å². The molecule has 1 rings (SSSR count). The van der Waals surface area contributed by atoms with Crippen LogP contribution in [0.5, 0.6) is 0 Å². The molecule has 176 valence electrons. The third kappa shape index (κ3) is 10.3. The highest BCUT2D eigenvalue weighted by Gasteiger charge is 2.28. The molecule has 1 aromatic rings. The largest absolute Gasteiger partial charge is 0.480 e. The van der Waals surface area contributed by atoms with E-state index >= 15 is 0 Å². The molecule has 0 heterocycles. The summed E-state index contributed by atoms with van der Waals surface area (Å²) in [6.45, 7) is -0.472. The van der Waals surface area contributed by atoms with Gasteiger partial charge in [-0.05, 0) is 24.0 Å². The smallest absolute Gasteiger partial charge is 0.326 e. The summed E-state index contributed by atoms with van der Waals surface area (Å²) in [5, 5.41) is 16.4. The Morgan fingerprint density at radius 2 is 1.69 bits per heavy atom. The van der Waals surface area contributed by atoms with Crippen LogP contribution in [-0.2, 0) is 30.4 Å². The Morgan fingerprint density at radius 1 is 1.03 bits per heavy atom. The molecule has 0 radical (unpaired) electrons. The number of carboxylic acids is 1. The molecule has 0 bridgehead atoms. The Kier molecular flexibility index (Phi) is 11.8. The fourth-order valence-corrected chi connectivity index (χ4v) is 3.14. The molecule has 0 fully saturated rings. The predicted molar refractivity (Wildman–Crippen MR) is 119 cm³/mol. The maximum atomic E-state index is 12.6. The molecule has 0 saturated carbocycles. The lowest BCUT2D eigenvalue weighted by atomic mass is 10.1. The molecular formula is C20H29N5O6S. The summed E-state index contributed by atoms with van der Waals surface area (Å²) in [5.74, 6) is -3.65. The van der Waals surface area contributed by atoms with E-state index in [1.54, 1.807) is 30.3 Å². The maximum Gasteiger partial charge on any atom is 0.326 e. The molecule has 0 spiro atoms. The second-order valence-electron chi connectivity index (χ2n) is 6.99. The van der Waals surface area contributed by atoms with E-state index in [2.05, 4.69) is 16.0 Å². The lowest BCUT2D eigenvalue weighted by Crippen LogP contribution is -2.55. The van der Waals surface area contributed by atoms with Crippen LogP contribution in [0.4, 0.5) is 0 Å². The Hall–Kier alpha value is -3.12. The fraction of sp³-hybridized carbons (Fsp3) is 0.450. The number of nitrogens with one attached hydrogen (secondary N) is 3. The molecule has 3 atom stereocenters. The molecule has 4 amide bonds. The number of hydrogen-bond donors (Lipinski definition) is 6. The molecule has 8 N–H and O–H groups in total. The van der Waals surface area contributed by atoms with Crippen molar-refractivity contribution in [3.05, 3.63) is 35.9 Å². The van der Waals surface area contributed by atoms with Crippen LogP contribution in [0.15, 0.2) is 30.3 Å². The van der Waals surface area contributed by atoms with Crippen molar-refractivity contribution in [3.63, 3.8) is 0 Å². The van der Waals surface area contributed by atoms with Crippen LogP contribution in [0, 0.1) is 0 Å². The van der Waals surface area contributed by atoms with E-state index in [0.717, 1.165) is 0 Å². The highest BCUT2D eigenvalue weighted by Crippen LogP contribution is 2.05. The summed E-state index contributed by atoms with van der Waals surface area (Å²) in [6, 6.07) is 5.17. The van der Waals surface area contributed by atoms with E-state index in [9.17, 15) is 29.1 Å². The SMILES string of the molecule is CSCCC(N)C(=O)NCC(=O)NC(CC(N)=O)C(=O)NC(Cc1ccccc1)C(=O)O. The molecule has 32 heavy (non-hydrogen) atoms.